The molecule has 0 spiro atoms. The molecule has 1 saturated heterocycles. The van der Waals surface area contributed by atoms with Crippen LogP contribution in [0.4, 0.5) is 5.82 Å². The summed E-state index contributed by atoms with van der Waals surface area (Å²) < 4.78 is 0. The fourth-order valence-corrected chi connectivity index (χ4v) is 4.36. The Hall–Kier alpha value is -1.33. The van der Waals surface area contributed by atoms with E-state index in [9.17, 15) is 0 Å². The number of hydrogen-bond acceptors (Lipinski definition) is 4. The Morgan fingerprint density at radius 1 is 1.19 bits per heavy atom. The number of nitrogens with one attached hydrogen (secondary N) is 1. The van der Waals surface area contributed by atoms with Crippen molar-refractivity contribution in [3.05, 3.63) is 35.8 Å². The van der Waals surface area contributed by atoms with E-state index in [-0.39, 0.29) is 0 Å². The quantitative estimate of drug-likeness (QED) is 0.662. The molecule has 142 valence electrons. The highest BCUT2D eigenvalue weighted by Crippen LogP contribution is 2.35. The van der Waals surface area contributed by atoms with E-state index in [0.29, 0.717) is 23.6 Å². The van der Waals surface area contributed by atoms with Crippen LogP contribution in [0.5, 0.6) is 0 Å². The van der Waals surface area contributed by atoms with Crippen molar-refractivity contribution in [2.24, 2.45) is 0 Å². The lowest BCUT2D eigenvalue weighted by Crippen LogP contribution is -2.34. The molecule has 1 aliphatic rings. The highest BCUT2D eigenvalue weighted by atomic mass is 35.5. The monoisotopic (exact) mass is 395 g/mol. The second-order valence-corrected chi connectivity index (χ2v) is 7.74. The van der Waals surface area contributed by atoms with Gasteiger partial charge in [0.25, 0.3) is 0 Å². The van der Waals surface area contributed by atoms with Crippen molar-refractivity contribution in [2.45, 2.75) is 50.9 Å². The summed E-state index contributed by atoms with van der Waals surface area (Å²) in [5, 5.41) is 0. The summed E-state index contributed by atoms with van der Waals surface area (Å²) in [6.07, 6.45) is 10.6. The number of H-pyrrole nitrogens is 1. The van der Waals surface area contributed by atoms with Crippen molar-refractivity contribution < 1.29 is 0 Å². The van der Waals surface area contributed by atoms with Gasteiger partial charge in [-0.05, 0) is 44.9 Å². The zero-order chi connectivity index (χ0) is 18.4. The maximum atomic E-state index is 6.06. The van der Waals surface area contributed by atoms with E-state index in [1.54, 1.807) is 12.7 Å². The number of halogens is 2. The second kappa shape index (κ2) is 9.56. The van der Waals surface area contributed by atoms with Gasteiger partial charge < -0.3 is 9.88 Å². The summed E-state index contributed by atoms with van der Waals surface area (Å²) >= 11 is 12.0. The van der Waals surface area contributed by atoms with Crippen molar-refractivity contribution in [1.29, 1.82) is 0 Å². The number of alkyl halides is 2. The lowest BCUT2D eigenvalue weighted by Gasteiger charge is -2.34. The van der Waals surface area contributed by atoms with E-state index in [1.807, 2.05) is 6.20 Å². The largest absolute Gasteiger partial charge is 0.356 e. The lowest BCUT2D eigenvalue weighted by atomic mass is 9.90. The van der Waals surface area contributed by atoms with Gasteiger partial charge in [-0.25, -0.2) is 15.0 Å². The fraction of sp³-hybridized carbons (Fsp3) is 0.632. The Bertz CT molecular complexity index is 682. The molecule has 0 aromatic carbocycles. The van der Waals surface area contributed by atoms with Crippen LogP contribution >= 0.6 is 23.2 Å². The molecule has 7 heteroatoms. The van der Waals surface area contributed by atoms with Gasteiger partial charge in [0, 0.05) is 48.2 Å². The van der Waals surface area contributed by atoms with E-state index >= 15 is 0 Å². The molecule has 0 amide bonds. The normalized spacial score (nSPS) is 16.8. The van der Waals surface area contributed by atoms with Gasteiger partial charge in [-0.1, -0.05) is 0 Å². The first-order valence-corrected chi connectivity index (χ1v) is 10.5. The lowest BCUT2D eigenvalue weighted by molar-refractivity contribution is 0.489. The zero-order valence-electron chi connectivity index (χ0n) is 15.3. The molecule has 1 unspecified atom stereocenters. The Morgan fingerprint density at radius 3 is 2.65 bits per heavy atom. The summed E-state index contributed by atoms with van der Waals surface area (Å²) in [7, 11) is 0. The van der Waals surface area contributed by atoms with Crippen molar-refractivity contribution >= 4 is 29.0 Å². The maximum absolute atomic E-state index is 6.06. The molecule has 0 aliphatic carbocycles. The second-order valence-electron chi connectivity index (χ2n) is 6.98. The van der Waals surface area contributed by atoms with Gasteiger partial charge in [0.2, 0.25) is 0 Å². The third-order valence-corrected chi connectivity index (χ3v) is 5.84. The van der Waals surface area contributed by atoms with Crippen LogP contribution in [-0.2, 0) is 0 Å². The number of imidazole rings is 1. The standard InChI is InChI=1S/C19H27Cl2N5/c1-14-18(24-13-23-14)16-5-9-26(10-6-16)19-17(11-22-12-25-19)15(4-8-21)3-2-7-20/h11-13,15-16H,2-10H2,1H3,(H,23,24). The first-order valence-electron chi connectivity index (χ1n) is 9.41. The average molecular weight is 396 g/mol. The van der Waals surface area contributed by atoms with Gasteiger partial charge >= 0.3 is 0 Å². The number of aromatic nitrogens is 4. The SMILES string of the molecule is Cc1[nH]cnc1C1CCN(c2ncncc2C(CCCl)CCCCl)CC1. The number of hydrogen-bond donors (Lipinski definition) is 1. The topological polar surface area (TPSA) is 57.7 Å². The van der Waals surface area contributed by atoms with E-state index in [1.165, 1.54) is 17.0 Å². The summed E-state index contributed by atoms with van der Waals surface area (Å²) in [4.78, 5) is 19.0. The average Bonchev–Trinajstić information content (AvgIpc) is 3.11. The molecule has 1 fully saturated rings. The smallest absolute Gasteiger partial charge is 0.135 e. The molecule has 1 N–H and O–H groups in total. The van der Waals surface area contributed by atoms with Gasteiger partial charge in [-0.15, -0.1) is 23.2 Å². The third-order valence-electron chi connectivity index (χ3n) is 5.35. The van der Waals surface area contributed by atoms with Gasteiger partial charge in [-0.3, -0.25) is 0 Å². The summed E-state index contributed by atoms with van der Waals surface area (Å²) in [6.45, 7) is 4.08. The van der Waals surface area contributed by atoms with Crippen LogP contribution in [0.2, 0.25) is 0 Å². The third kappa shape index (κ3) is 4.49. The van der Waals surface area contributed by atoms with Crippen molar-refractivity contribution in [1.82, 2.24) is 19.9 Å². The molecule has 3 heterocycles. The van der Waals surface area contributed by atoms with E-state index in [0.717, 1.165) is 51.0 Å². The molecule has 1 aliphatic heterocycles. The van der Waals surface area contributed by atoms with Crippen LogP contribution in [0.25, 0.3) is 0 Å². The number of rotatable bonds is 8. The van der Waals surface area contributed by atoms with Crippen LogP contribution in [0.15, 0.2) is 18.9 Å². The molecule has 2 aromatic rings. The summed E-state index contributed by atoms with van der Waals surface area (Å²) in [5.41, 5.74) is 3.62. The first-order chi connectivity index (χ1) is 12.7. The highest BCUT2D eigenvalue weighted by molar-refractivity contribution is 6.18. The maximum Gasteiger partial charge on any atom is 0.135 e. The predicted molar refractivity (Wildman–Crippen MR) is 108 cm³/mol. The predicted octanol–water partition coefficient (Wildman–Crippen LogP) is 4.62. The molecule has 0 bridgehead atoms. The van der Waals surface area contributed by atoms with Crippen molar-refractivity contribution in [3.63, 3.8) is 0 Å². The summed E-state index contributed by atoms with van der Waals surface area (Å²) in [6, 6.07) is 0. The van der Waals surface area contributed by atoms with Crippen LogP contribution in [0.1, 0.15) is 60.9 Å². The number of piperidine rings is 1. The summed E-state index contributed by atoms with van der Waals surface area (Å²) in [5.74, 6) is 3.28. The molecule has 0 saturated carbocycles. The molecular formula is C19H27Cl2N5. The number of nitrogens with zero attached hydrogens (tertiary/aromatic N) is 4. The minimum Gasteiger partial charge on any atom is -0.356 e. The molecule has 2 aromatic heterocycles. The van der Waals surface area contributed by atoms with Crippen LogP contribution in [0, 0.1) is 6.92 Å². The van der Waals surface area contributed by atoms with Crippen LogP contribution in [-0.4, -0.2) is 44.8 Å². The Labute approximate surface area is 165 Å². The van der Waals surface area contributed by atoms with Gasteiger partial charge in [-0.2, -0.15) is 0 Å². The molecule has 1 atom stereocenters. The Morgan fingerprint density at radius 2 is 2.00 bits per heavy atom. The highest BCUT2D eigenvalue weighted by Gasteiger charge is 2.27. The zero-order valence-corrected chi connectivity index (χ0v) is 16.8. The fourth-order valence-electron chi connectivity index (χ4n) is 3.94. The Balaban J connectivity index is 1.73. The van der Waals surface area contributed by atoms with Gasteiger partial charge in [0.05, 0.1) is 12.0 Å². The molecule has 26 heavy (non-hydrogen) atoms. The van der Waals surface area contributed by atoms with Crippen molar-refractivity contribution in [3.8, 4) is 0 Å². The van der Waals surface area contributed by atoms with E-state index in [2.05, 4.69) is 31.8 Å². The van der Waals surface area contributed by atoms with Crippen LogP contribution in [0.3, 0.4) is 0 Å². The molecule has 0 radical (unpaired) electrons. The van der Waals surface area contributed by atoms with Gasteiger partial charge in [0.15, 0.2) is 0 Å². The van der Waals surface area contributed by atoms with Crippen molar-refractivity contribution in [2.75, 3.05) is 29.7 Å². The molecule has 3 rings (SSSR count). The number of aryl methyl sites for hydroxylation is 1. The molecular weight excluding hydrogens is 369 g/mol. The minimum atomic E-state index is 0.369. The van der Waals surface area contributed by atoms with Gasteiger partial charge in [0.1, 0.15) is 12.1 Å². The van der Waals surface area contributed by atoms with E-state index in [4.69, 9.17) is 23.2 Å². The first kappa shape index (κ1) is 19.4. The van der Waals surface area contributed by atoms with E-state index < -0.39 is 0 Å². The number of aromatic amines is 1. The molecule has 5 nitrogen and oxygen atoms in total. The Kier molecular flexibility index (Phi) is 7.15. The minimum absolute atomic E-state index is 0.369. The number of anilines is 1. The van der Waals surface area contributed by atoms with Crippen LogP contribution < -0.4 is 4.90 Å².